The molecule has 28 heavy (non-hydrogen) atoms. The van der Waals surface area contributed by atoms with Gasteiger partial charge in [0, 0.05) is 13.8 Å². The average molecular weight is 459 g/mol. The van der Waals surface area contributed by atoms with E-state index in [-0.39, 0.29) is 10.7 Å². The second kappa shape index (κ2) is 9.77. The van der Waals surface area contributed by atoms with Crippen LogP contribution in [0.1, 0.15) is 49.1 Å². The van der Waals surface area contributed by atoms with E-state index in [2.05, 4.69) is 0 Å². The standard InChI is InChI=1S/C18H22N2O4S4/c1-11(21)19-13(17-25-7-3-4-8-26-17)16(24)20(12(2)22)14(15(19)23)18-27-9-5-6-10-28-18/h3-10H2,1-2H3. The Bertz CT molecular complexity index is 938. The second-order valence-electron chi connectivity index (χ2n) is 6.40. The van der Waals surface area contributed by atoms with E-state index in [1.54, 1.807) is 0 Å². The fourth-order valence-corrected chi connectivity index (χ4v) is 8.05. The molecule has 10 heteroatoms. The van der Waals surface area contributed by atoms with E-state index < -0.39 is 22.9 Å². The van der Waals surface area contributed by atoms with E-state index in [4.69, 9.17) is 0 Å². The Hall–Kier alpha value is -0.840. The summed E-state index contributed by atoms with van der Waals surface area (Å²) in [5.41, 5.74) is -1.15. The first kappa shape index (κ1) is 21.9. The molecular formula is C18H22N2O4S4. The Labute approximate surface area is 179 Å². The SMILES string of the molecule is CC(=O)n1c(=O)c(=C2SCCCCS2)n(C(C)=O)c(=O)c1=C1SCCCCS1. The predicted octanol–water partition coefficient (Wildman–Crippen LogP) is 1.98. The van der Waals surface area contributed by atoms with Gasteiger partial charge >= 0.3 is 0 Å². The summed E-state index contributed by atoms with van der Waals surface area (Å²) in [7, 11) is 0. The third-order valence-corrected chi connectivity index (χ3v) is 9.49. The van der Waals surface area contributed by atoms with Gasteiger partial charge in [0.05, 0.1) is 8.47 Å². The Morgan fingerprint density at radius 3 is 1.18 bits per heavy atom. The van der Waals surface area contributed by atoms with Gasteiger partial charge in [0.1, 0.15) is 10.7 Å². The number of carbonyl (C=O) groups excluding carboxylic acids is 2. The van der Waals surface area contributed by atoms with Crippen molar-refractivity contribution in [3.05, 3.63) is 31.4 Å². The molecule has 0 spiro atoms. The zero-order chi connectivity index (χ0) is 20.3. The van der Waals surface area contributed by atoms with Gasteiger partial charge in [-0.2, -0.15) is 0 Å². The molecule has 0 radical (unpaired) electrons. The third-order valence-electron chi connectivity index (χ3n) is 4.29. The largest absolute Gasteiger partial charge is 0.284 e. The predicted molar refractivity (Wildman–Crippen MR) is 122 cm³/mol. The van der Waals surface area contributed by atoms with Gasteiger partial charge in [-0.1, -0.05) is 0 Å². The Morgan fingerprint density at radius 1 is 0.643 bits per heavy atom. The first-order valence-electron chi connectivity index (χ1n) is 9.13. The number of hydrogen-bond donors (Lipinski definition) is 0. The van der Waals surface area contributed by atoms with Crippen molar-refractivity contribution in [1.29, 1.82) is 0 Å². The van der Waals surface area contributed by atoms with E-state index in [0.29, 0.717) is 8.47 Å². The van der Waals surface area contributed by atoms with Crippen LogP contribution in [0.25, 0.3) is 8.47 Å². The highest BCUT2D eigenvalue weighted by molar-refractivity contribution is 8.30. The van der Waals surface area contributed by atoms with Gasteiger partial charge in [-0.3, -0.25) is 19.2 Å². The van der Waals surface area contributed by atoms with E-state index in [0.717, 1.165) is 57.8 Å². The maximum Gasteiger partial charge on any atom is 0.284 e. The normalized spacial score (nSPS) is 18.5. The molecule has 3 heterocycles. The lowest BCUT2D eigenvalue weighted by Crippen LogP contribution is -2.61. The van der Waals surface area contributed by atoms with Crippen molar-refractivity contribution in [2.75, 3.05) is 23.0 Å². The van der Waals surface area contributed by atoms with Crippen LogP contribution in [0.5, 0.6) is 0 Å². The maximum absolute atomic E-state index is 13.4. The molecule has 0 unspecified atom stereocenters. The number of thioether (sulfide) groups is 4. The van der Waals surface area contributed by atoms with Gasteiger partial charge in [-0.25, -0.2) is 9.13 Å². The summed E-state index contributed by atoms with van der Waals surface area (Å²) >= 11 is 5.93. The molecule has 0 saturated carbocycles. The van der Waals surface area contributed by atoms with Crippen LogP contribution < -0.4 is 21.8 Å². The Kier molecular flexibility index (Phi) is 7.63. The minimum atomic E-state index is -0.577. The monoisotopic (exact) mass is 458 g/mol. The van der Waals surface area contributed by atoms with Crippen LogP contribution in [-0.4, -0.2) is 44.0 Å². The molecule has 1 aromatic heterocycles. The van der Waals surface area contributed by atoms with E-state index >= 15 is 0 Å². The molecule has 1 aromatic rings. The van der Waals surface area contributed by atoms with Gasteiger partial charge in [-0.05, 0) is 48.7 Å². The third kappa shape index (κ3) is 4.49. The van der Waals surface area contributed by atoms with Crippen molar-refractivity contribution in [1.82, 2.24) is 9.13 Å². The summed E-state index contributed by atoms with van der Waals surface area (Å²) < 4.78 is 3.28. The van der Waals surface area contributed by atoms with Gasteiger partial charge < -0.3 is 0 Å². The first-order chi connectivity index (χ1) is 13.4. The zero-order valence-corrected chi connectivity index (χ0v) is 19.1. The second-order valence-corrected chi connectivity index (χ2v) is 11.3. The first-order valence-corrected chi connectivity index (χ1v) is 13.1. The lowest BCUT2D eigenvalue weighted by atomic mass is 10.4. The fourth-order valence-electron chi connectivity index (χ4n) is 2.99. The smallest absolute Gasteiger partial charge is 0.274 e. The van der Waals surface area contributed by atoms with Crippen LogP contribution in [0.15, 0.2) is 9.59 Å². The summed E-state index contributed by atoms with van der Waals surface area (Å²) in [5, 5.41) is 0.0788. The molecule has 3 rings (SSSR count). The molecule has 2 fully saturated rings. The summed E-state index contributed by atoms with van der Waals surface area (Å²) in [4.78, 5) is 51.7. The van der Waals surface area contributed by atoms with E-state index in [9.17, 15) is 19.2 Å². The van der Waals surface area contributed by atoms with Crippen LogP contribution in [0.2, 0.25) is 0 Å². The van der Waals surface area contributed by atoms with Crippen LogP contribution >= 0.6 is 47.0 Å². The van der Waals surface area contributed by atoms with Crippen LogP contribution in [-0.2, 0) is 0 Å². The van der Waals surface area contributed by atoms with E-state index in [1.807, 2.05) is 0 Å². The number of carbonyl (C=O) groups is 2. The Morgan fingerprint density at radius 2 is 0.929 bits per heavy atom. The molecule has 2 aliphatic rings. The molecule has 2 saturated heterocycles. The van der Waals surface area contributed by atoms with Gasteiger partial charge in [-0.15, -0.1) is 47.0 Å². The topological polar surface area (TPSA) is 78.1 Å². The molecule has 0 aromatic carbocycles. The highest BCUT2D eigenvalue weighted by Gasteiger charge is 2.22. The zero-order valence-electron chi connectivity index (χ0n) is 15.8. The van der Waals surface area contributed by atoms with Crippen LogP contribution in [0.3, 0.4) is 0 Å². The molecular weight excluding hydrogens is 436 g/mol. The van der Waals surface area contributed by atoms with Crippen molar-refractivity contribution in [2.45, 2.75) is 39.5 Å². The number of nitrogens with zero attached hydrogens (tertiary/aromatic N) is 2. The fraction of sp³-hybridized carbons (Fsp3) is 0.556. The number of hydrogen-bond acceptors (Lipinski definition) is 8. The maximum atomic E-state index is 13.4. The molecule has 6 nitrogen and oxygen atoms in total. The van der Waals surface area contributed by atoms with E-state index in [1.165, 1.54) is 60.9 Å². The molecule has 152 valence electrons. The average Bonchev–Trinajstić information content (AvgIpc) is 3.06. The van der Waals surface area contributed by atoms with Crippen molar-refractivity contribution in [2.24, 2.45) is 0 Å². The summed E-state index contributed by atoms with van der Waals surface area (Å²) in [5.74, 6) is 2.27. The molecule has 0 amide bonds. The van der Waals surface area contributed by atoms with Crippen LogP contribution in [0, 0.1) is 0 Å². The van der Waals surface area contributed by atoms with Gasteiger partial charge in [0.15, 0.2) is 0 Å². The van der Waals surface area contributed by atoms with Crippen molar-refractivity contribution in [3.8, 4) is 0 Å². The molecule has 0 aliphatic carbocycles. The lowest BCUT2D eigenvalue weighted by molar-refractivity contribution is 0.0901. The summed E-state index contributed by atoms with van der Waals surface area (Å²) in [6.07, 6.45) is 4.04. The summed E-state index contributed by atoms with van der Waals surface area (Å²) in [6.45, 7) is 2.58. The summed E-state index contributed by atoms with van der Waals surface area (Å²) in [6, 6.07) is 0. The van der Waals surface area contributed by atoms with Crippen molar-refractivity contribution >= 4 is 67.3 Å². The quantitative estimate of drug-likeness (QED) is 0.584. The lowest BCUT2D eigenvalue weighted by Gasteiger charge is -2.12. The van der Waals surface area contributed by atoms with Gasteiger partial charge in [0.25, 0.3) is 11.1 Å². The van der Waals surface area contributed by atoms with Crippen molar-refractivity contribution in [3.63, 3.8) is 0 Å². The highest BCUT2D eigenvalue weighted by Crippen LogP contribution is 2.34. The minimum Gasteiger partial charge on any atom is -0.274 e. The Balaban J connectivity index is 2.52. The van der Waals surface area contributed by atoms with Crippen molar-refractivity contribution < 1.29 is 9.59 Å². The molecule has 2 aliphatic heterocycles. The minimum absolute atomic E-state index is 0.0394. The number of aromatic nitrogens is 2. The number of rotatable bonds is 0. The highest BCUT2D eigenvalue weighted by atomic mass is 32.2. The molecule has 0 N–H and O–H groups in total. The molecule has 0 bridgehead atoms. The van der Waals surface area contributed by atoms with Crippen LogP contribution in [0.4, 0.5) is 0 Å². The van der Waals surface area contributed by atoms with Gasteiger partial charge in [0.2, 0.25) is 11.8 Å². The molecule has 0 atom stereocenters.